The van der Waals surface area contributed by atoms with Gasteiger partial charge in [-0.15, -0.1) is 10.2 Å². The Morgan fingerprint density at radius 3 is 2.65 bits per heavy atom. The van der Waals surface area contributed by atoms with Gasteiger partial charge < -0.3 is 4.90 Å². The summed E-state index contributed by atoms with van der Waals surface area (Å²) in [5.74, 6) is 0. The molecule has 1 aliphatic rings. The van der Waals surface area contributed by atoms with E-state index in [4.69, 9.17) is 0 Å². The summed E-state index contributed by atoms with van der Waals surface area (Å²) in [6.07, 6.45) is 5.32. The lowest BCUT2D eigenvalue weighted by Gasteiger charge is -2.20. The Morgan fingerprint density at radius 1 is 1.18 bits per heavy atom. The van der Waals surface area contributed by atoms with Gasteiger partial charge >= 0.3 is 0 Å². The minimum absolute atomic E-state index is 0.172. The molecule has 0 spiro atoms. The summed E-state index contributed by atoms with van der Waals surface area (Å²) in [4.78, 5) is 2.06. The largest absolute Gasteiger partial charge is 0.309 e. The van der Waals surface area contributed by atoms with E-state index in [9.17, 15) is 0 Å². The number of rotatable bonds is 2. The molecule has 2 heterocycles. The highest BCUT2D eigenvalue weighted by Crippen LogP contribution is 2.20. The Kier molecular flexibility index (Phi) is 2.25. The average molecular weight is 228 g/mol. The molecule has 1 atom stereocenters. The van der Waals surface area contributed by atoms with E-state index in [1.165, 1.54) is 0 Å². The van der Waals surface area contributed by atoms with Gasteiger partial charge in [-0.3, -0.25) is 9.99 Å². The molecular weight excluding hydrogens is 216 g/mol. The smallest absolute Gasteiger partial charge is 0.123 e. The molecule has 6 nitrogen and oxygen atoms in total. The molecule has 0 bridgehead atoms. The maximum Gasteiger partial charge on any atom is 0.123 e. The van der Waals surface area contributed by atoms with Gasteiger partial charge in [-0.2, -0.15) is 5.10 Å². The molecule has 1 unspecified atom stereocenters. The number of nitrogens with one attached hydrogen (secondary N) is 1. The first kappa shape index (κ1) is 9.83. The van der Waals surface area contributed by atoms with Crippen molar-refractivity contribution in [3.05, 3.63) is 36.9 Å². The van der Waals surface area contributed by atoms with Crippen molar-refractivity contribution in [1.82, 2.24) is 20.2 Å². The number of hydrogen-bond acceptors (Lipinski definition) is 5. The highest BCUT2D eigenvalue weighted by Gasteiger charge is 2.16. The zero-order valence-corrected chi connectivity index (χ0v) is 9.35. The first-order valence-electron chi connectivity index (χ1n) is 5.37. The van der Waals surface area contributed by atoms with Crippen LogP contribution in [0.1, 0.15) is 6.92 Å². The van der Waals surface area contributed by atoms with E-state index in [1.54, 1.807) is 19.0 Å². The van der Waals surface area contributed by atoms with Crippen LogP contribution >= 0.6 is 0 Å². The summed E-state index contributed by atoms with van der Waals surface area (Å²) in [6, 6.07) is 8.13. The number of nitrogens with zero attached hydrogens (tertiary/aromatic N) is 5. The fourth-order valence-electron chi connectivity index (χ4n) is 1.80. The van der Waals surface area contributed by atoms with Crippen LogP contribution in [0, 0.1) is 0 Å². The maximum absolute atomic E-state index is 4.03. The average Bonchev–Trinajstić information content (AvgIpc) is 2.99. The molecule has 1 N–H and O–H groups in total. The van der Waals surface area contributed by atoms with Gasteiger partial charge in [0, 0.05) is 5.69 Å². The van der Waals surface area contributed by atoms with Crippen LogP contribution in [0.5, 0.6) is 0 Å². The van der Waals surface area contributed by atoms with Crippen molar-refractivity contribution in [1.29, 1.82) is 0 Å². The number of aromatic nitrogens is 3. The number of benzene rings is 1. The van der Waals surface area contributed by atoms with Crippen LogP contribution in [0.15, 0.2) is 42.0 Å². The normalized spacial score (nSPS) is 18.4. The highest BCUT2D eigenvalue weighted by molar-refractivity contribution is 5.81. The third-order valence-corrected chi connectivity index (χ3v) is 2.71. The zero-order chi connectivity index (χ0) is 11.7. The predicted octanol–water partition coefficient (Wildman–Crippen LogP) is 0.966. The Labute approximate surface area is 98.6 Å². The van der Waals surface area contributed by atoms with Crippen LogP contribution in [0.2, 0.25) is 0 Å². The molecule has 17 heavy (non-hydrogen) atoms. The molecule has 0 aliphatic carbocycles. The van der Waals surface area contributed by atoms with Crippen molar-refractivity contribution in [3.63, 3.8) is 0 Å². The van der Waals surface area contributed by atoms with E-state index < -0.39 is 0 Å². The van der Waals surface area contributed by atoms with E-state index in [0.717, 1.165) is 11.4 Å². The van der Waals surface area contributed by atoms with E-state index in [1.807, 2.05) is 22.8 Å². The quantitative estimate of drug-likeness (QED) is 0.832. The Bertz CT molecular complexity index is 533. The van der Waals surface area contributed by atoms with Crippen molar-refractivity contribution < 1.29 is 0 Å². The van der Waals surface area contributed by atoms with Crippen molar-refractivity contribution in [2.75, 3.05) is 4.90 Å². The maximum atomic E-state index is 4.03. The van der Waals surface area contributed by atoms with Crippen molar-refractivity contribution in [2.24, 2.45) is 5.10 Å². The summed E-state index contributed by atoms with van der Waals surface area (Å²) in [5.41, 5.74) is 5.09. The topological polar surface area (TPSA) is 58.3 Å². The van der Waals surface area contributed by atoms with Gasteiger partial charge in [-0.05, 0) is 25.1 Å². The van der Waals surface area contributed by atoms with Gasteiger partial charge in [-0.1, -0.05) is 6.07 Å². The lowest BCUT2D eigenvalue weighted by molar-refractivity contribution is 0.633. The van der Waals surface area contributed by atoms with Gasteiger partial charge in [0.15, 0.2) is 0 Å². The summed E-state index contributed by atoms with van der Waals surface area (Å²) in [6.45, 7) is 2.05. The molecule has 0 amide bonds. The first-order valence-corrected chi connectivity index (χ1v) is 5.37. The van der Waals surface area contributed by atoms with Crippen molar-refractivity contribution >= 4 is 12.0 Å². The molecule has 2 aromatic rings. The highest BCUT2D eigenvalue weighted by atomic mass is 15.5. The standard InChI is InChI=1S/C11H12N6/c1-9-15-14-8-17(9)11-4-2-3-10(5-11)16-6-12-13-7-16/h2-9,15H,1H3. The number of hydrogen-bond donors (Lipinski definition) is 1. The van der Waals surface area contributed by atoms with Crippen molar-refractivity contribution in [2.45, 2.75) is 13.1 Å². The van der Waals surface area contributed by atoms with Gasteiger partial charge in [0.25, 0.3) is 0 Å². The van der Waals surface area contributed by atoms with Crippen LogP contribution in [0.3, 0.4) is 0 Å². The van der Waals surface area contributed by atoms with Crippen LogP contribution < -0.4 is 10.3 Å². The molecule has 1 aromatic carbocycles. The molecule has 6 heteroatoms. The third kappa shape index (κ3) is 1.73. The molecule has 1 aliphatic heterocycles. The van der Waals surface area contributed by atoms with E-state index >= 15 is 0 Å². The zero-order valence-electron chi connectivity index (χ0n) is 9.35. The summed E-state index contributed by atoms with van der Waals surface area (Å²) < 4.78 is 1.87. The Hall–Kier alpha value is -2.37. The van der Waals surface area contributed by atoms with Crippen molar-refractivity contribution in [3.8, 4) is 5.69 Å². The number of anilines is 1. The fraction of sp³-hybridized carbons (Fsp3) is 0.182. The minimum atomic E-state index is 0.172. The van der Waals surface area contributed by atoms with E-state index in [2.05, 4.69) is 38.6 Å². The minimum Gasteiger partial charge on any atom is -0.309 e. The second-order valence-corrected chi connectivity index (χ2v) is 3.85. The Balaban J connectivity index is 1.97. The molecule has 86 valence electrons. The fourth-order valence-corrected chi connectivity index (χ4v) is 1.80. The van der Waals surface area contributed by atoms with Crippen LogP contribution in [0.4, 0.5) is 5.69 Å². The van der Waals surface area contributed by atoms with Crippen LogP contribution in [0.25, 0.3) is 5.69 Å². The SMILES string of the molecule is CC1NN=CN1c1cccc(-n2cnnc2)c1. The lowest BCUT2D eigenvalue weighted by Crippen LogP contribution is -2.33. The summed E-state index contributed by atoms with van der Waals surface area (Å²) >= 11 is 0. The van der Waals surface area contributed by atoms with Gasteiger partial charge in [0.2, 0.25) is 0 Å². The monoisotopic (exact) mass is 228 g/mol. The Morgan fingerprint density at radius 2 is 1.94 bits per heavy atom. The molecule has 0 saturated carbocycles. The second-order valence-electron chi connectivity index (χ2n) is 3.85. The van der Waals surface area contributed by atoms with Gasteiger partial charge in [-0.25, -0.2) is 0 Å². The predicted molar refractivity (Wildman–Crippen MR) is 64.9 cm³/mol. The van der Waals surface area contributed by atoms with Crippen LogP contribution in [-0.2, 0) is 0 Å². The number of hydrazone groups is 1. The second kappa shape index (κ2) is 3.89. The third-order valence-electron chi connectivity index (χ3n) is 2.71. The van der Waals surface area contributed by atoms with Gasteiger partial charge in [0.1, 0.15) is 25.2 Å². The lowest BCUT2D eigenvalue weighted by atomic mass is 10.2. The molecule has 3 rings (SSSR count). The molecular formula is C11H12N6. The van der Waals surface area contributed by atoms with E-state index in [0.29, 0.717) is 0 Å². The first-order chi connectivity index (χ1) is 8.34. The van der Waals surface area contributed by atoms with Crippen LogP contribution in [-0.4, -0.2) is 27.3 Å². The molecule has 0 radical (unpaired) electrons. The molecule has 0 fully saturated rings. The molecule has 0 saturated heterocycles. The van der Waals surface area contributed by atoms with Gasteiger partial charge in [0.05, 0.1) is 5.69 Å². The summed E-state index contributed by atoms with van der Waals surface area (Å²) in [7, 11) is 0. The molecule has 1 aromatic heterocycles. The summed E-state index contributed by atoms with van der Waals surface area (Å²) in [5, 5.41) is 11.6. The van der Waals surface area contributed by atoms with E-state index in [-0.39, 0.29) is 6.17 Å².